The van der Waals surface area contributed by atoms with E-state index in [-0.39, 0.29) is 27.6 Å². The van der Waals surface area contributed by atoms with Gasteiger partial charge in [0.25, 0.3) is 5.91 Å². The zero-order valence-corrected chi connectivity index (χ0v) is 11.2. The second-order valence-corrected chi connectivity index (χ2v) is 4.55. The third-order valence-electron chi connectivity index (χ3n) is 2.66. The molecule has 0 atom stereocenters. The number of hydrogen-bond donors (Lipinski definition) is 3. The van der Waals surface area contributed by atoms with E-state index in [0.29, 0.717) is 0 Å². The number of aromatic carboxylic acids is 1. The molecule has 0 unspecified atom stereocenters. The number of benzene rings is 2. The van der Waals surface area contributed by atoms with Crippen LogP contribution in [0.15, 0.2) is 36.4 Å². The molecule has 0 fully saturated rings. The Bertz CT molecular complexity index is 733. The van der Waals surface area contributed by atoms with E-state index in [4.69, 9.17) is 16.7 Å². The third kappa shape index (κ3) is 3.29. The van der Waals surface area contributed by atoms with Crippen LogP contribution in [0.5, 0.6) is 5.75 Å². The third-order valence-corrected chi connectivity index (χ3v) is 2.90. The van der Waals surface area contributed by atoms with E-state index in [0.717, 1.165) is 18.2 Å². The number of phenolic OH excluding ortho intramolecular Hbond substituents is 1. The summed E-state index contributed by atoms with van der Waals surface area (Å²) in [6.45, 7) is 0. The summed E-state index contributed by atoms with van der Waals surface area (Å²) < 4.78 is 13.2. The Morgan fingerprint density at radius 2 is 1.81 bits per heavy atom. The molecule has 0 heterocycles. The minimum atomic E-state index is -1.32. The van der Waals surface area contributed by atoms with E-state index in [1.807, 2.05) is 0 Å². The summed E-state index contributed by atoms with van der Waals surface area (Å²) in [5, 5.41) is 21.1. The number of aromatic hydroxyl groups is 1. The standard InChI is InChI=1S/C14H9ClFNO4/c15-7-1-4-12(18)10(5-7)13(19)17-11-6-8(16)2-3-9(11)14(20)21/h1-6,18H,(H,17,19)(H,20,21). The molecule has 0 aliphatic heterocycles. The molecule has 0 bridgehead atoms. The minimum absolute atomic E-state index is 0.150. The van der Waals surface area contributed by atoms with Gasteiger partial charge in [-0.15, -0.1) is 0 Å². The number of rotatable bonds is 3. The van der Waals surface area contributed by atoms with Gasteiger partial charge in [-0.1, -0.05) is 11.6 Å². The number of amides is 1. The second-order valence-electron chi connectivity index (χ2n) is 4.11. The topological polar surface area (TPSA) is 86.6 Å². The molecular weight excluding hydrogens is 301 g/mol. The number of halogens is 2. The highest BCUT2D eigenvalue weighted by Crippen LogP contribution is 2.24. The van der Waals surface area contributed by atoms with Crippen molar-refractivity contribution in [3.05, 3.63) is 58.4 Å². The molecule has 2 rings (SSSR count). The van der Waals surface area contributed by atoms with Gasteiger partial charge in [-0.3, -0.25) is 4.79 Å². The molecule has 7 heteroatoms. The van der Waals surface area contributed by atoms with Gasteiger partial charge in [0.2, 0.25) is 0 Å². The highest BCUT2D eigenvalue weighted by molar-refractivity contribution is 6.31. The van der Waals surface area contributed by atoms with E-state index in [1.165, 1.54) is 18.2 Å². The van der Waals surface area contributed by atoms with E-state index in [9.17, 15) is 19.1 Å². The van der Waals surface area contributed by atoms with Gasteiger partial charge in [0.05, 0.1) is 16.8 Å². The lowest BCUT2D eigenvalue weighted by atomic mass is 10.1. The van der Waals surface area contributed by atoms with Gasteiger partial charge in [-0.05, 0) is 36.4 Å². The minimum Gasteiger partial charge on any atom is -0.507 e. The summed E-state index contributed by atoms with van der Waals surface area (Å²) >= 11 is 5.73. The molecule has 5 nitrogen and oxygen atoms in total. The van der Waals surface area contributed by atoms with Gasteiger partial charge in [-0.2, -0.15) is 0 Å². The average Bonchev–Trinajstić information content (AvgIpc) is 2.41. The fourth-order valence-corrected chi connectivity index (χ4v) is 1.86. The Morgan fingerprint density at radius 3 is 2.48 bits per heavy atom. The maximum Gasteiger partial charge on any atom is 0.337 e. The number of carboxylic acid groups (broad SMARTS) is 1. The van der Waals surface area contributed by atoms with E-state index < -0.39 is 17.7 Å². The van der Waals surface area contributed by atoms with Gasteiger partial charge in [0, 0.05) is 5.02 Å². The first-order valence-electron chi connectivity index (χ1n) is 5.71. The molecule has 3 N–H and O–H groups in total. The van der Waals surface area contributed by atoms with Crippen LogP contribution in [0.1, 0.15) is 20.7 Å². The summed E-state index contributed by atoms with van der Waals surface area (Å²) in [5.41, 5.74) is -0.638. The molecule has 108 valence electrons. The maximum atomic E-state index is 13.2. The second kappa shape index (κ2) is 5.80. The van der Waals surface area contributed by atoms with Crippen LogP contribution in [0, 0.1) is 5.82 Å². The molecule has 0 radical (unpaired) electrons. The molecular formula is C14H9ClFNO4. The zero-order valence-electron chi connectivity index (χ0n) is 10.4. The first-order chi connectivity index (χ1) is 9.88. The predicted molar refractivity (Wildman–Crippen MR) is 74.4 cm³/mol. The highest BCUT2D eigenvalue weighted by Gasteiger charge is 2.17. The zero-order chi connectivity index (χ0) is 15.6. The van der Waals surface area contributed by atoms with Crippen molar-refractivity contribution in [3.8, 4) is 5.75 Å². The maximum absolute atomic E-state index is 13.2. The molecule has 0 spiro atoms. The van der Waals surface area contributed by atoms with Gasteiger partial charge in [0.15, 0.2) is 0 Å². The fraction of sp³-hybridized carbons (Fsp3) is 0. The van der Waals surface area contributed by atoms with Crippen molar-refractivity contribution in [1.82, 2.24) is 0 Å². The van der Waals surface area contributed by atoms with Crippen molar-refractivity contribution in [2.45, 2.75) is 0 Å². The van der Waals surface area contributed by atoms with Gasteiger partial charge >= 0.3 is 5.97 Å². The Balaban J connectivity index is 2.38. The Labute approximate surface area is 123 Å². The van der Waals surface area contributed by atoms with Crippen molar-refractivity contribution in [1.29, 1.82) is 0 Å². The largest absolute Gasteiger partial charge is 0.507 e. The van der Waals surface area contributed by atoms with Crippen molar-refractivity contribution in [3.63, 3.8) is 0 Å². The van der Waals surface area contributed by atoms with Crippen LogP contribution in [-0.4, -0.2) is 22.1 Å². The number of anilines is 1. The van der Waals surface area contributed by atoms with Crippen molar-refractivity contribution >= 4 is 29.2 Å². The Hall–Kier alpha value is -2.60. The number of hydrogen-bond acceptors (Lipinski definition) is 3. The molecule has 2 aromatic rings. The van der Waals surface area contributed by atoms with Crippen molar-refractivity contribution < 1.29 is 24.2 Å². The van der Waals surface area contributed by atoms with E-state index >= 15 is 0 Å². The molecule has 0 saturated heterocycles. The highest BCUT2D eigenvalue weighted by atomic mass is 35.5. The van der Waals surface area contributed by atoms with Crippen LogP contribution < -0.4 is 5.32 Å². The summed E-state index contributed by atoms with van der Waals surface area (Å²) in [6.07, 6.45) is 0. The lowest BCUT2D eigenvalue weighted by Gasteiger charge is -2.10. The summed E-state index contributed by atoms with van der Waals surface area (Å²) in [6, 6.07) is 6.70. The monoisotopic (exact) mass is 309 g/mol. The average molecular weight is 310 g/mol. The first-order valence-corrected chi connectivity index (χ1v) is 6.09. The molecule has 0 aromatic heterocycles. The molecule has 0 aliphatic carbocycles. The van der Waals surface area contributed by atoms with Crippen LogP contribution in [0.2, 0.25) is 5.02 Å². The number of carbonyl (C=O) groups is 2. The lowest BCUT2D eigenvalue weighted by Crippen LogP contribution is -2.15. The number of nitrogens with one attached hydrogen (secondary N) is 1. The van der Waals surface area contributed by atoms with Gasteiger partial charge in [0.1, 0.15) is 11.6 Å². The summed E-state index contributed by atoms with van der Waals surface area (Å²) in [4.78, 5) is 23.1. The van der Waals surface area contributed by atoms with E-state index in [1.54, 1.807) is 0 Å². The Kier molecular flexibility index (Phi) is 4.09. The van der Waals surface area contributed by atoms with Crippen LogP contribution in [-0.2, 0) is 0 Å². The van der Waals surface area contributed by atoms with Crippen LogP contribution in [0.25, 0.3) is 0 Å². The molecule has 0 aliphatic rings. The van der Waals surface area contributed by atoms with Crippen LogP contribution >= 0.6 is 11.6 Å². The quantitative estimate of drug-likeness (QED) is 0.813. The number of phenols is 1. The Morgan fingerprint density at radius 1 is 1.10 bits per heavy atom. The summed E-state index contributed by atoms with van der Waals surface area (Å²) in [7, 11) is 0. The normalized spacial score (nSPS) is 10.2. The number of carboxylic acids is 1. The van der Waals surface area contributed by atoms with E-state index in [2.05, 4.69) is 5.32 Å². The SMILES string of the molecule is O=C(Nc1cc(F)ccc1C(=O)O)c1cc(Cl)ccc1O. The lowest BCUT2D eigenvalue weighted by molar-refractivity contribution is 0.0698. The molecule has 2 aromatic carbocycles. The van der Waals surface area contributed by atoms with Crippen molar-refractivity contribution in [2.24, 2.45) is 0 Å². The molecule has 21 heavy (non-hydrogen) atoms. The first kappa shape index (κ1) is 14.8. The smallest absolute Gasteiger partial charge is 0.337 e. The molecule has 0 saturated carbocycles. The van der Waals surface area contributed by atoms with Crippen LogP contribution in [0.3, 0.4) is 0 Å². The van der Waals surface area contributed by atoms with Gasteiger partial charge in [-0.25, -0.2) is 9.18 Å². The molecule has 1 amide bonds. The number of carbonyl (C=O) groups excluding carboxylic acids is 1. The van der Waals surface area contributed by atoms with Crippen molar-refractivity contribution in [2.75, 3.05) is 5.32 Å². The van der Waals surface area contributed by atoms with Crippen LogP contribution in [0.4, 0.5) is 10.1 Å². The predicted octanol–water partition coefficient (Wildman–Crippen LogP) is 3.14. The summed E-state index contributed by atoms with van der Waals surface area (Å²) in [5.74, 6) is -3.15. The fourth-order valence-electron chi connectivity index (χ4n) is 1.69. The van der Waals surface area contributed by atoms with Gasteiger partial charge < -0.3 is 15.5 Å².